The zero-order valence-corrected chi connectivity index (χ0v) is 17.2. The van der Waals surface area contributed by atoms with Crippen molar-refractivity contribution in [2.45, 2.75) is 19.1 Å². The van der Waals surface area contributed by atoms with E-state index in [4.69, 9.17) is 5.73 Å². The summed E-state index contributed by atoms with van der Waals surface area (Å²) in [7, 11) is 0. The molecule has 0 saturated carbocycles. The molecule has 0 fully saturated rings. The van der Waals surface area contributed by atoms with Gasteiger partial charge in [0.1, 0.15) is 11.9 Å². The summed E-state index contributed by atoms with van der Waals surface area (Å²) in [5.41, 5.74) is 9.11. The highest BCUT2D eigenvalue weighted by molar-refractivity contribution is 6.03. The van der Waals surface area contributed by atoms with Crippen molar-refractivity contribution in [3.8, 4) is 0 Å². The Balaban J connectivity index is 1.44. The summed E-state index contributed by atoms with van der Waals surface area (Å²) in [6, 6.07) is 14.0. The number of amides is 2. The van der Waals surface area contributed by atoms with E-state index < -0.39 is 30.9 Å². The Hall–Kier alpha value is -3.82. The zero-order chi connectivity index (χ0) is 22.7. The van der Waals surface area contributed by atoms with Crippen LogP contribution in [0.5, 0.6) is 0 Å². The number of rotatable bonds is 7. The third-order valence-corrected chi connectivity index (χ3v) is 5.26. The number of nitrogens with one attached hydrogen (secondary N) is 1. The molecule has 9 nitrogen and oxygen atoms in total. The minimum atomic E-state index is -1.58. The van der Waals surface area contributed by atoms with Crippen molar-refractivity contribution in [2.24, 2.45) is 10.7 Å². The number of hydrogen-bond donors (Lipinski definition) is 3. The minimum absolute atomic E-state index is 0.0856. The number of aromatic nitrogens is 1. The van der Waals surface area contributed by atoms with E-state index in [1.165, 1.54) is 4.90 Å². The summed E-state index contributed by atoms with van der Waals surface area (Å²) in [5, 5.41) is 25.1. The smallest absolute Gasteiger partial charge is 0.253 e. The van der Waals surface area contributed by atoms with Crippen LogP contribution in [0.4, 0.5) is 11.4 Å². The number of benzene rings is 2. The summed E-state index contributed by atoms with van der Waals surface area (Å²) in [6.45, 7) is -0.178. The van der Waals surface area contributed by atoms with Crippen LogP contribution in [0.1, 0.15) is 17.5 Å². The van der Waals surface area contributed by atoms with E-state index in [-0.39, 0.29) is 6.54 Å². The predicted octanol–water partition coefficient (Wildman–Crippen LogP) is 0.537. The van der Waals surface area contributed by atoms with Gasteiger partial charge in [0, 0.05) is 35.1 Å². The van der Waals surface area contributed by atoms with Crippen LogP contribution in [-0.4, -0.2) is 47.0 Å². The van der Waals surface area contributed by atoms with Gasteiger partial charge in [-0.05, 0) is 42.0 Å². The van der Waals surface area contributed by atoms with Crippen molar-refractivity contribution < 1.29 is 19.8 Å². The van der Waals surface area contributed by atoms with Crippen molar-refractivity contribution in [1.82, 2.24) is 4.98 Å². The monoisotopic (exact) mass is 432 g/mol. The van der Waals surface area contributed by atoms with Gasteiger partial charge < -0.3 is 26.2 Å². The fraction of sp³-hybridized carbons (Fsp3) is 0.217. The normalized spacial score (nSPS) is 13.4. The van der Waals surface area contributed by atoms with Crippen molar-refractivity contribution in [3.05, 3.63) is 65.9 Å². The van der Waals surface area contributed by atoms with Gasteiger partial charge in [0.05, 0.1) is 18.5 Å². The highest BCUT2D eigenvalue weighted by atomic mass is 16.3. The first-order chi connectivity index (χ1) is 15.5. The number of anilines is 2. The van der Waals surface area contributed by atoms with Crippen LogP contribution in [0.15, 0.2) is 59.7 Å². The Morgan fingerprint density at radius 3 is 2.88 bits per heavy atom. The molecule has 4 N–H and O–H groups in total. The number of carbonyl (C=O) groups is 2. The van der Waals surface area contributed by atoms with Gasteiger partial charge in [-0.2, -0.15) is 0 Å². The van der Waals surface area contributed by atoms with E-state index in [1.807, 2.05) is 6.07 Å². The molecular weight excluding hydrogens is 410 g/mol. The number of carbonyl (C=O) groups excluding carboxylic acids is 2. The third-order valence-electron chi connectivity index (χ3n) is 5.26. The molecule has 2 heterocycles. The number of pyridine rings is 1. The Bertz CT molecular complexity index is 1210. The van der Waals surface area contributed by atoms with Crippen LogP contribution >= 0.6 is 0 Å². The summed E-state index contributed by atoms with van der Waals surface area (Å²) < 4.78 is 0. The first-order valence-corrected chi connectivity index (χ1v) is 10.1. The third kappa shape index (κ3) is 4.43. The number of hydrogen-bond acceptors (Lipinski definition) is 7. The lowest BCUT2D eigenvalue weighted by atomic mass is 10.1. The summed E-state index contributed by atoms with van der Waals surface area (Å²) in [5.74, 6) is -0.799. The van der Waals surface area contributed by atoms with E-state index in [9.17, 15) is 19.8 Å². The van der Waals surface area contributed by atoms with Gasteiger partial charge in [0.25, 0.3) is 5.91 Å². The Morgan fingerprint density at radius 2 is 2.06 bits per heavy atom. The van der Waals surface area contributed by atoms with Crippen molar-refractivity contribution in [3.63, 3.8) is 0 Å². The van der Waals surface area contributed by atoms with Crippen molar-refractivity contribution >= 4 is 39.9 Å². The number of nitrogens with zero attached hydrogens (tertiary/aromatic N) is 3. The summed E-state index contributed by atoms with van der Waals surface area (Å²) in [4.78, 5) is 34.9. The lowest BCUT2D eigenvalue weighted by Crippen LogP contribution is -2.40. The molecule has 0 spiro atoms. The fourth-order valence-electron chi connectivity index (χ4n) is 3.61. The first kappa shape index (κ1) is 21.4. The number of nitrogens with two attached hydrogens (primary N) is 1. The van der Waals surface area contributed by atoms with Gasteiger partial charge >= 0.3 is 0 Å². The average Bonchev–Trinajstić information content (AvgIpc) is 3.17. The maximum absolute atomic E-state index is 12.8. The highest BCUT2D eigenvalue weighted by Crippen LogP contribution is 2.23. The number of aliphatic hydroxyl groups is 1. The maximum atomic E-state index is 12.8. The van der Waals surface area contributed by atoms with E-state index >= 15 is 0 Å². The fourth-order valence-corrected chi connectivity index (χ4v) is 3.61. The quantitative estimate of drug-likeness (QED) is 0.497. The molecule has 3 aromatic rings. The standard InChI is InChI=1S/C23H22N5O4/c24-22-18-6-4-16(10-15(18)13-26-22)27-23(32)20(30)12-21(31)28(8-9-29)17-5-3-14-2-1-7-25-19(14)11-17/h1-7,10-11,20,30H,8-9,12-13H2,(H2,24,26)(H,27,32)/q-1/t20-/m1/s1. The van der Waals surface area contributed by atoms with Crippen LogP contribution < -0.4 is 21.1 Å². The van der Waals surface area contributed by atoms with Crippen molar-refractivity contribution in [1.29, 1.82) is 0 Å². The van der Waals surface area contributed by atoms with E-state index in [0.29, 0.717) is 29.3 Å². The van der Waals surface area contributed by atoms with Gasteiger partial charge in [-0.25, -0.2) is 0 Å². The predicted molar refractivity (Wildman–Crippen MR) is 119 cm³/mol. The Kier molecular flexibility index (Phi) is 6.11. The van der Waals surface area contributed by atoms with Crippen LogP contribution in [0.2, 0.25) is 0 Å². The molecule has 0 radical (unpaired) electrons. The Labute approximate surface area is 184 Å². The topological polar surface area (TPSA) is 144 Å². The molecule has 0 saturated heterocycles. The number of amidine groups is 1. The largest absolute Gasteiger partial charge is 0.853 e. The number of aliphatic imine (C=N–C) groups is 1. The number of aliphatic hydroxyl groups excluding tert-OH is 1. The molecule has 2 amide bonds. The van der Waals surface area contributed by atoms with Gasteiger partial charge in [-0.1, -0.05) is 12.1 Å². The van der Waals surface area contributed by atoms with Crippen molar-refractivity contribution in [2.75, 3.05) is 23.4 Å². The Morgan fingerprint density at radius 1 is 1.22 bits per heavy atom. The molecule has 1 aliphatic rings. The molecule has 164 valence electrons. The van der Waals surface area contributed by atoms with Crippen LogP contribution in [-0.2, 0) is 16.1 Å². The molecule has 1 aromatic heterocycles. The molecule has 1 aliphatic heterocycles. The first-order valence-electron chi connectivity index (χ1n) is 10.1. The van der Waals surface area contributed by atoms with Gasteiger partial charge in [0.15, 0.2) is 0 Å². The highest BCUT2D eigenvalue weighted by Gasteiger charge is 2.24. The molecule has 1 atom stereocenters. The maximum Gasteiger partial charge on any atom is 0.253 e. The van der Waals surface area contributed by atoms with Gasteiger partial charge in [-0.3, -0.25) is 19.6 Å². The summed E-state index contributed by atoms with van der Waals surface area (Å²) in [6.07, 6.45) is -0.406. The zero-order valence-electron chi connectivity index (χ0n) is 17.2. The number of fused-ring (bicyclic) bond motifs is 2. The summed E-state index contributed by atoms with van der Waals surface area (Å²) >= 11 is 0. The van der Waals surface area contributed by atoms with Gasteiger partial charge in [-0.15, -0.1) is 6.61 Å². The van der Waals surface area contributed by atoms with Crippen LogP contribution in [0, 0.1) is 0 Å². The molecular formula is C23H22N5O4-. The molecule has 2 aromatic carbocycles. The minimum Gasteiger partial charge on any atom is -0.853 e. The SMILES string of the molecule is NC1=NCc2cc(NC(=O)[C@H](O)CC(=O)N(CC[O-])c3ccc4cccnc4c3)ccc21. The molecule has 0 unspecified atom stereocenters. The molecule has 32 heavy (non-hydrogen) atoms. The molecule has 0 aliphatic carbocycles. The molecule has 0 bridgehead atoms. The second kappa shape index (κ2) is 9.13. The van der Waals surface area contributed by atoms with E-state index in [2.05, 4.69) is 15.3 Å². The second-order valence-electron chi connectivity index (χ2n) is 7.41. The van der Waals surface area contributed by atoms with Crippen LogP contribution in [0.3, 0.4) is 0 Å². The molecule has 9 heteroatoms. The van der Waals surface area contributed by atoms with E-state index in [0.717, 1.165) is 16.5 Å². The lowest BCUT2D eigenvalue weighted by Gasteiger charge is -2.25. The van der Waals surface area contributed by atoms with Gasteiger partial charge in [0.2, 0.25) is 5.91 Å². The molecule has 4 rings (SSSR count). The second-order valence-corrected chi connectivity index (χ2v) is 7.41. The average molecular weight is 432 g/mol. The van der Waals surface area contributed by atoms with E-state index in [1.54, 1.807) is 48.7 Å². The lowest BCUT2D eigenvalue weighted by molar-refractivity contribution is -0.363. The van der Waals surface area contributed by atoms with Crippen LogP contribution in [0.25, 0.3) is 10.9 Å².